The molecule has 0 amide bonds. The van der Waals surface area contributed by atoms with Crippen molar-refractivity contribution in [1.29, 1.82) is 0 Å². The second kappa shape index (κ2) is 3.34. The van der Waals surface area contributed by atoms with E-state index >= 15 is 0 Å². The summed E-state index contributed by atoms with van der Waals surface area (Å²) in [5.74, 6) is 0.862. The highest BCUT2D eigenvalue weighted by Gasteiger charge is 2.40. The van der Waals surface area contributed by atoms with Crippen LogP contribution >= 0.6 is 0 Å². The molecule has 2 atom stereocenters. The summed E-state index contributed by atoms with van der Waals surface area (Å²) in [7, 11) is 0. The van der Waals surface area contributed by atoms with Gasteiger partial charge in [0.1, 0.15) is 5.78 Å². The number of fused-ring (bicyclic) bond motifs is 4. The Hall–Kier alpha value is -0.370. The van der Waals surface area contributed by atoms with Crippen LogP contribution in [0.4, 0.5) is 0 Å². The van der Waals surface area contributed by atoms with Crippen LogP contribution in [0.15, 0.2) is 0 Å². The lowest BCUT2D eigenvalue weighted by atomic mass is 9.89. The van der Waals surface area contributed by atoms with Crippen LogP contribution in [-0.2, 0) is 4.79 Å². The van der Waals surface area contributed by atoms with Crippen LogP contribution in [-0.4, -0.2) is 28.8 Å². The lowest BCUT2D eigenvalue weighted by Gasteiger charge is -2.44. The molecule has 0 aromatic heterocycles. The van der Waals surface area contributed by atoms with E-state index in [4.69, 9.17) is 0 Å². The molecule has 3 rings (SSSR count). The van der Waals surface area contributed by atoms with Crippen molar-refractivity contribution in [1.82, 2.24) is 4.90 Å². The summed E-state index contributed by atoms with van der Waals surface area (Å²) >= 11 is 0. The van der Waals surface area contributed by atoms with Gasteiger partial charge in [-0.2, -0.15) is 0 Å². The van der Waals surface area contributed by atoms with E-state index in [-0.39, 0.29) is 5.54 Å². The fourth-order valence-corrected chi connectivity index (χ4v) is 2.93. The van der Waals surface area contributed by atoms with Gasteiger partial charge in [-0.15, -0.1) is 0 Å². The number of rotatable bonds is 0. The third-order valence-corrected chi connectivity index (χ3v) is 3.70. The first-order valence-corrected chi connectivity index (χ1v) is 5.78. The molecule has 2 nitrogen and oxygen atoms in total. The maximum absolute atomic E-state index is 11.7. The molecule has 2 heterocycles. The minimum absolute atomic E-state index is 0.230. The van der Waals surface area contributed by atoms with Gasteiger partial charge in [0.15, 0.2) is 0 Å². The molecule has 14 heavy (non-hydrogen) atoms. The third-order valence-electron chi connectivity index (χ3n) is 3.70. The zero-order valence-electron chi connectivity index (χ0n) is 9.55. The molecule has 2 bridgehead atoms. The molecule has 2 heteroatoms. The van der Waals surface area contributed by atoms with E-state index < -0.39 is 0 Å². The number of carbonyl (C=O) groups excluding carboxylic acids is 1. The molecule has 0 N–H and O–H groups in total. The van der Waals surface area contributed by atoms with E-state index in [2.05, 4.69) is 25.7 Å². The molecular weight excluding hydrogens is 174 g/mol. The molecule has 2 unspecified atom stereocenters. The van der Waals surface area contributed by atoms with Crippen LogP contribution in [0.2, 0.25) is 0 Å². The van der Waals surface area contributed by atoms with Crippen LogP contribution in [0.1, 0.15) is 46.5 Å². The topological polar surface area (TPSA) is 20.3 Å². The van der Waals surface area contributed by atoms with Gasteiger partial charge in [0.25, 0.3) is 0 Å². The minimum atomic E-state index is 0.230. The van der Waals surface area contributed by atoms with E-state index in [1.165, 1.54) is 12.8 Å². The number of piperidine rings is 1. The minimum Gasteiger partial charge on any atom is -0.299 e. The van der Waals surface area contributed by atoms with E-state index in [1.54, 1.807) is 0 Å². The quantitative estimate of drug-likeness (QED) is 0.591. The summed E-state index contributed by atoms with van der Waals surface area (Å²) < 4.78 is 0. The Morgan fingerprint density at radius 1 is 1.29 bits per heavy atom. The lowest BCUT2D eigenvalue weighted by Crippen LogP contribution is -2.54. The summed E-state index contributed by atoms with van der Waals surface area (Å²) in [5.41, 5.74) is 0.230. The molecule has 0 spiro atoms. The number of nitrogens with zero attached hydrogens (tertiary/aromatic N) is 1. The standard InChI is InChI=1S/C12H21NO/c1-12(2,3)13-8-9-5-4-6-10(13)7-11(9)14/h9-10H,4-8H2,1-3H3. The van der Waals surface area contributed by atoms with Crippen molar-refractivity contribution < 1.29 is 4.79 Å². The van der Waals surface area contributed by atoms with Gasteiger partial charge in [-0.05, 0) is 33.6 Å². The second-order valence-corrected chi connectivity index (χ2v) is 5.78. The summed E-state index contributed by atoms with van der Waals surface area (Å²) in [4.78, 5) is 14.3. The predicted molar refractivity (Wildman–Crippen MR) is 57.2 cm³/mol. The van der Waals surface area contributed by atoms with Gasteiger partial charge in [-0.3, -0.25) is 9.69 Å². The predicted octanol–water partition coefficient (Wildman–Crippen LogP) is 2.23. The number of carbonyl (C=O) groups is 1. The molecule has 0 aromatic carbocycles. The first kappa shape index (κ1) is 10.2. The second-order valence-electron chi connectivity index (χ2n) is 5.78. The van der Waals surface area contributed by atoms with E-state index in [0.717, 1.165) is 19.4 Å². The smallest absolute Gasteiger partial charge is 0.138 e. The van der Waals surface area contributed by atoms with Gasteiger partial charge in [0.2, 0.25) is 0 Å². The van der Waals surface area contributed by atoms with Crippen LogP contribution in [0.5, 0.6) is 0 Å². The summed E-state index contributed by atoms with van der Waals surface area (Å²) in [6.45, 7) is 7.79. The molecule has 80 valence electrons. The molecule has 3 fully saturated rings. The van der Waals surface area contributed by atoms with Crippen molar-refractivity contribution in [3.05, 3.63) is 0 Å². The van der Waals surface area contributed by atoms with Crippen LogP contribution in [0.25, 0.3) is 0 Å². The SMILES string of the molecule is CC(C)(C)N1CC2CCCC1CC2=O. The van der Waals surface area contributed by atoms with Crippen molar-refractivity contribution >= 4 is 5.78 Å². The summed E-state index contributed by atoms with van der Waals surface area (Å²) in [6, 6.07) is 0.529. The molecular formula is C12H21NO. The molecule has 0 radical (unpaired) electrons. The molecule has 2 aliphatic heterocycles. The molecule has 2 saturated heterocycles. The van der Waals surface area contributed by atoms with Gasteiger partial charge in [0, 0.05) is 30.5 Å². The number of hydrogen-bond acceptors (Lipinski definition) is 2. The van der Waals surface area contributed by atoms with Crippen molar-refractivity contribution in [2.75, 3.05) is 6.54 Å². The van der Waals surface area contributed by atoms with E-state index in [9.17, 15) is 4.79 Å². The molecule has 3 aliphatic rings. The maximum Gasteiger partial charge on any atom is 0.138 e. The van der Waals surface area contributed by atoms with Gasteiger partial charge in [0.05, 0.1) is 0 Å². The Morgan fingerprint density at radius 3 is 2.64 bits per heavy atom. The molecule has 1 aliphatic carbocycles. The Kier molecular flexibility index (Phi) is 2.42. The van der Waals surface area contributed by atoms with Crippen molar-refractivity contribution in [2.24, 2.45) is 5.92 Å². The Balaban J connectivity index is 2.20. The fourth-order valence-electron chi connectivity index (χ4n) is 2.93. The van der Waals surface area contributed by atoms with Gasteiger partial charge in [-0.25, -0.2) is 0 Å². The molecule has 0 aromatic rings. The van der Waals surface area contributed by atoms with Gasteiger partial charge in [-0.1, -0.05) is 6.42 Å². The van der Waals surface area contributed by atoms with Crippen LogP contribution in [0.3, 0.4) is 0 Å². The van der Waals surface area contributed by atoms with Crippen molar-refractivity contribution in [3.8, 4) is 0 Å². The van der Waals surface area contributed by atoms with Gasteiger partial charge >= 0.3 is 0 Å². The number of hydrogen-bond donors (Lipinski definition) is 0. The average Bonchev–Trinajstić information content (AvgIpc) is 2.33. The lowest BCUT2D eigenvalue weighted by molar-refractivity contribution is -0.129. The van der Waals surface area contributed by atoms with Gasteiger partial charge < -0.3 is 0 Å². The van der Waals surface area contributed by atoms with E-state index in [1.807, 2.05) is 0 Å². The number of Topliss-reactive ketones (excluding diaryl/α,β-unsaturated/α-hetero) is 1. The summed E-state index contributed by atoms with van der Waals surface area (Å²) in [6.07, 6.45) is 4.40. The highest BCUT2D eigenvalue weighted by Crippen LogP contribution is 2.35. The fraction of sp³-hybridized carbons (Fsp3) is 0.917. The largest absolute Gasteiger partial charge is 0.299 e. The zero-order chi connectivity index (χ0) is 10.3. The van der Waals surface area contributed by atoms with Crippen LogP contribution < -0.4 is 0 Å². The monoisotopic (exact) mass is 195 g/mol. The Morgan fingerprint density at radius 2 is 2.00 bits per heavy atom. The van der Waals surface area contributed by atoms with Crippen molar-refractivity contribution in [2.45, 2.75) is 58.0 Å². The first-order chi connectivity index (χ1) is 6.48. The summed E-state index contributed by atoms with van der Waals surface area (Å²) in [5, 5.41) is 0. The maximum atomic E-state index is 11.7. The highest BCUT2D eigenvalue weighted by atomic mass is 16.1. The zero-order valence-corrected chi connectivity index (χ0v) is 9.55. The van der Waals surface area contributed by atoms with Crippen molar-refractivity contribution in [3.63, 3.8) is 0 Å². The Labute approximate surface area is 86.7 Å². The first-order valence-electron chi connectivity index (χ1n) is 5.78. The van der Waals surface area contributed by atoms with E-state index in [0.29, 0.717) is 17.7 Å². The Bertz CT molecular complexity index is 241. The van der Waals surface area contributed by atoms with Crippen LogP contribution in [0, 0.1) is 5.92 Å². The third kappa shape index (κ3) is 1.72. The highest BCUT2D eigenvalue weighted by molar-refractivity contribution is 5.83. The molecule has 1 saturated carbocycles. The average molecular weight is 195 g/mol. The normalized spacial score (nSPS) is 34.6. The number of ketones is 1.